The SMILES string of the molecule is CC(C)C[C@@H](C(=O)NC(Cc1ccc(OCc2ccccc2)cc1)C(=O)NC(C)(C)C)N(C)[C@@H](C)CO. The number of nitrogens with one attached hydrogen (secondary N) is 2. The molecule has 0 aliphatic carbocycles. The van der Waals surface area contributed by atoms with Crippen LogP contribution in [-0.2, 0) is 22.6 Å². The van der Waals surface area contributed by atoms with Crippen LogP contribution in [0.1, 0.15) is 59.1 Å². The molecule has 0 saturated heterocycles. The molecule has 37 heavy (non-hydrogen) atoms. The number of hydrogen-bond donors (Lipinski definition) is 3. The van der Waals surface area contributed by atoms with Gasteiger partial charge in [-0.25, -0.2) is 0 Å². The van der Waals surface area contributed by atoms with Crippen LogP contribution >= 0.6 is 0 Å². The van der Waals surface area contributed by atoms with E-state index in [1.807, 2.05) is 94.2 Å². The van der Waals surface area contributed by atoms with Gasteiger partial charge in [-0.1, -0.05) is 56.3 Å². The molecular weight excluding hydrogens is 466 g/mol. The van der Waals surface area contributed by atoms with Crippen molar-refractivity contribution in [3.05, 3.63) is 65.7 Å². The van der Waals surface area contributed by atoms with E-state index in [-0.39, 0.29) is 30.4 Å². The summed E-state index contributed by atoms with van der Waals surface area (Å²) in [5, 5.41) is 15.7. The molecule has 0 saturated carbocycles. The summed E-state index contributed by atoms with van der Waals surface area (Å²) in [4.78, 5) is 28.6. The Kier molecular flexibility index (Phi) is 11.6. The maximum Gasteiger partial charge on any atom is 0.243 e. The van der Waals surface area contributed by atoms with E-state index in [4.69, 9.17) is 4.74 Å². The molecule has 0 aromatic heterocycles. The van der Waals surface area contributed by atoms with Crippen molar-refractivity contribution in [2.75, 3.05) is 13.7 Å². The van der Waals surface area contributed by atoms with Gasteiger partial charge in [-0.2, -0.15) is 0 Å². The monoisotopic (exact) mass is 511 g/mol. The van der Waals surface area contributed by atoms with E-state index in [1.54, 1.807) is 0 Å². The molecule has 2 amide bonds. The van der Waals surface area contributed by atoms with E-state index < -0.39 is 17.6 Å². The topological polar surface area (TPSA) is 90.9 Å². The normalized spacial score (nSPS) is 14.2. The van der Waals surface area contributed by atoms with Crippen LogP contribution in [0, 0.1) is 5.92 Å². The fourth-order valence-electron chi connectivity index (χ4n) is 3.97. The summed E-state index contributed by atoms with van der Waals surface area (Å²) in [6.07, 6.45) is 0.966. The maximum atomic E-state index is 13.5. The molecule has 0 fully saturated rings. The van der Waals surface area contributed by atoms with E-state index in [1.165, 1.54) is 0 Å². The Labute approximate surface area is 222 Å². The lowest BCUT2D eigenvalue weighted by atomic mass is 9.98. The number of aliphatic hydroxyl groups excluding tert-OH is 1. The van der Waals surface area contributed by atoms with Crippen molar-refractivity contribution in [2.24, 2.45) is 5.92 Å². The number of nitrogens with zero attached hydrogens (tertiary/aromatic N) is 1. The number of carbonyl (C=O) groups is 2. The number of amides is 2. The van der Waals surface area contributed by atoms with Gasteiger partial charge in [-0.3, -0.25) is 14.5 Å². The molecular formula is C30H45N3O4. The number of benzene rings is 2. The van der Waals surface area contributed by atoms with Gasteiger partial charge in [0.2, 0.25) is 11.8 Å². The molecule has 3 atom stereocenters. The van der Waals surface area contributed by atoms with Crippen LogP contribution in [0.3, 0.4) is 0 Å². The molecule has 0 radical (unpaired) electrons. The van der Waals surface area contributed by atoms with Crippen LogP contribution in [0.25, 0.3) is 0 Å². The Hall–Kier alpha value is -2.90. The first-order chi connectivity index (χ1) is 17.4. The average molecular weight is 512 g/mol. The van der Waals surface area contributed by atoms with Gasteiger partial charge < -0.3 is 20.5 Å². The minimum Gasteiger partial charge on any atom is -0.489 e. The lowest BCUT2D eigenvalue weighted by Crippen LogP contribution is -2.57. The van der Waals surface area contributed by atoms with Crippen LogP contribution < -0.4 is 15.4 Å². The van der Waals surface area contributed by atoms with E-state index in [2.05, 4.69) is 24.5 Å². The quantitative estimate of drug-likeness (QED) is 0.379. The van der Waals surface area contributed by atoms with E-state index in [9.17, 15) is 14.7 Å². The largest absolute Gasteiger partial charge is 0.489 e. The third kappa shape index (κ3) is 10.5. The molecule has 0 aliphatic rings. The lowest BCUT2D eigenvalue weighted by molar-refractivity contribution is -0.133. The zero-order valence-corrected chi connectivity index (χ0v) is 23.5. The van der Waals surface area contributed by atoms with Crippen molar-refractivity contribution >= 4 is 11.8 Å². The number of aliphatic hydroxyl groups is 1. The fourth-order valence-corrected chi connectivity index (χ4v) is 3.97. The zero-order chi connectivity index (χ0) is 27.6. The second-order valence-corrected chi connectivity index (χ2v) is 11.3. The van der Waals surface area contributed by atoms with Crippen molar-refractivity contribution in [1.82, 2.24) is 15.5 Å². The first-order valence-electron chi connectivity index (χ1n) is 13.1. The molecule has 7 nitrogen and oxygen atoms in total. The van der Waals surface area contributed by atoms with Crippen molar-refractivity contribution in [2.45, 2.75) is 84.7 Å². The lowest BCUT2D eigenvalue weighted by Gasteiger charge is -2.34. The van der Waals surface area contributed by atoms with Gasteiger partial charge in [0.15, 0.2) is 0 Å². The maximum absolute atomic E-state index is 13.5. The highest BCUT2D eigenvalue weighted by molar-refractivity contribution is 5.90. The second-order valence-electron chi connectivity index (χ2n) is 11.3. The minimum atomic E-state index is -0.740. The molecule has 2 rings (SSSR count). The van der Waals surface area contributed by atoms with Crippen molar-refractivity contribution in [3.8, 4) is 5.75 Å². The first kappa shape index (κ1) is 30.3. The van der Waals surface area contributed by atoms with E-state index >= 15 is 0 Å². The Morgan fingerprint density at radius 3 is 2.11 bits per heavy atom. The third-order valence-electron chi connectivity index (χ3n) is 6.19. The molecule has 204 valence electrons. The Balaban J connectivity index is 2.17. The highest BCUT2D eigenvalue weighted by Gasteiger charge is 2.31. The van der Waals surface area contributed by atoms with Gasteiger partial charge in [0.05, 0.1) is 12.6 Å². The van der Waals surface area contributed by atoms with Gasteiger partial charge in [0, 0.05) is 18.0 Å². The van der Waals surface area contributed by atoms with Crippen LogP contribution in [0.4, 0.5) is 0 Å². The number of ether oxygens (including phenoxy) is 1. The molecule has 1 unspecified atom stereocenters. The fraction of sp³-hybridized carbons (Fsp3) is 0.533. The van der Waals surface area contributed by atoms with Crippen molar-refractivity contribution in [3.63, 3.8) is 0 Å². The summed E-state index contributed by atoms with van der Waals surface area (Å²) in [5.74, 6) is 0.568. The van der Waals surface area contributed by atoms with Crippen molar-refractivity contribution in [1.29, 1.82) is 0 Å². The van der Waals surface area contributed by atoms with Gasteiger partial charge in [-0.05, 0) is 70.3 Å². The van der Waals surface area contributed by atoms with Gasteiger partial charge in [-0.15, -0.1) is 0 Å². The number of carbonyl (C=O) groups excluding carboxylic acids is 2. The summed E-state index contributed by atoms with van der Waals surface area (Å²) in [6, 6.07) is 16.2. The number of likely N-dealkylation sites (N-methyl/N-ethyl adjacent to an activating group) is 1. The smallest absolute Gasteiger partial charge is 0.243 e. The Morgan fingerprint density at radius 1 is 0.946 bits per heavy atom. The first-order valence-corrected chi connectivity index (χ1v) is 13.1. The van der Waals surface area contributed by atoms with Crippen LogP contribution in [0.2, 0.25) is 0 Å². The van der Waals surface area contributed by atoms with E-state index in [0.29, 0.717) is 19.4 Å². The number of rotatable bonds is 13. The predicted octanol–water partition coefficient (Wildman–Crippen LogP) is 3.93. The Bertz CT molecular complexity index is 971. The molecule has 0 bridgehead atoms. The summed E-state index contributed by atoms with van der Waals surface area (Å²) in [6.45, 7) is 12.2. The summed E-state index contributed by atoms with van der Waals surface area (Å²) in [5.41, 5.74) is 1.57. The highest BCUT2D eigenvalue weighted by Crippen LogP contribution is 2.17. The molecule has 2 aromatic rings. The van der Waals surface area contributed by atoms with Gasteiger partial charge in [0.25, 0.3) is 0 Å². The molecule has 0 spiro atoms. The van der Waals surface area contributed by atoms with Crippen LogP contribution in [0.15, 0.2) is 54.6 Å². The summed E-state index contributed by atoms with van der Waals surface area (Å²) in [7, 11) is 1.84. The average Bonchev–Trinajstić information content (AvgIpc) is 2.84. The third-order valence-corrected chi connectivity index (χ3v) is 6.19. The standard InChI is InChI=1S/C30H45N3O4/c1-21(2)17-27(33(7)22(3)19-34)29(36)31-26(28(35)32-30(4,5)6)18-23-13-15-25(16-14-23)37-20-24-11-9-8-10-12-24/h8-16,21-22,26-27,34H,17-20H2,1-7H3,(H,31,36)(H,32,35)/t22-,26?,27-/m0/s1. The molecule has 2 aromatic carbocycles. The predicted molar refractivity (Wildman–Crippen MR) is 148 cm³/mol. The Morgan fingerprint density at radius 2 is 1.57 bits per heavy atom. The van der Waals surface area contributed by atoms with Crippen LogP contribution in [-0.4, -0.2) is 59.1 Å². The summed E-state index contributed by atoms with van der Waals surface area (Å²) < 4.78 is 5.88. The second kappa shape index (κ2) is 14.1. The number of hydrogen-bond acceptors (Lipinski definition) is 5. The highest BCUT2D eigenvalue weighted by atomic mass is 16.5. The molecule has 0 heterocycles. The summed E-state index contributed by atoms with van der Waals surface area (Å²) >= 11 is 0. The van der Waals surface area contributed by atoms with E-state index in [0.717, 1.165) is 16.9 Å². The van der Waals surface area contributed by atoms with Crippen LogP contribution in [0.5, 0.6) is 5.75 Å². The van der Waals surface area contributed by atoms with Gasteiger partial charge >= 0.3 is 0 Å². The van der Waals surface area contributed by atoms with Gasteiger partial charge in [0.1, 0.15) is 18.4 Å². The zero-order valence-electron chi connectivity index (χ0n) is 23.5. The molecule has 7 heteroatoms. The molecule has 3 N–H and O–H groups in total. The molecule has 0 aliphatic heterocycles. The minimum absolute atomic E-state index is 0.0506. The van der Waals surface area contributed by atoms with Crippen molar-refractivity contribution < 1.29 is 19.4 Å².